The summed E-state index contributed by atoms with van der Waals surface area (Å²) in [6.45, 7) is 10.5. The molecule has 0 bridgehead atoms. The van der Waals surface area contributed by atoms with E-state index in [2.05, 4.69) is 74.6 Å². The number of halogens is 2. The van der Waals surface area contributed by atoms with Gasteiger partial charge in [0.05, 0.1) is 0 Å². The maximum atomic E-state index is 10.5. The largest absolute Gasteiger partial charge is 0 e. The molecule has 0 unspecified atom stereocenters. The molecule has 0 aliphatic heterocycles. The van der Waals surface area contributed by atoms with E-state index in [0.29, 0.717) is 15.9 Å². The Morgan fingerprint density at radius 3 is 1.44 bits per heavy atom. The minimum atomic E-state index is 0. The molecule has 98 valence electrons. The fourth-order valence-electron chi connectivity index (χ4n) is 1.91. The van der Waals surface area contributed by atoms with Gasteiger partial charge >= 0.3 is 49.4 Å². The Balaban J connectivity index is 0. The fraction of sp³-hybridized carbons (Fsp3) is 0.462. The van der Waals surface area contributed by atoms with E-state index in [4.69, 9.17) is 0 Å². The number of rotatable bonds is 2. The van der Waals surface area contributed by atoms with Crippen molar-refractivity contribution in [3.8, 4) is 0 Å². The zero-order valence-corrected chi connectivity index (χ0v) is 19.9. The van der Waals surface area contributed by atoms with Crippen LogP contribution in [0, 0.1) is 34.6 Å². The minimum Gasteiger partial charge on any atom is 0 e. The molecule has 1 radical (unpaired) electrons. The van der Waals surface area contributed by atoms with Gasteiger partial charge in [-0.25, -0.2) is 0 Å². The summed E-state index contributed by atoms with van der Waals surface area (Å²) in [6, 6.07) is 0. The molecule has 0 spiro atoms. The summed E-state index contributed by atoms with van der Waals surface area (Å²) in [6.07, 6.45) is 2.41. The summed E-state index contributed by atoms with van der Waals surface area (Å²) in [4.78, 5) is 10.5. The van der Waals surface area contributed by atoms with Crippen LogP contribution in [0.5, 0.6) is 0 Å². The molecule has 0 amide bonds. The third-order valence-corrected chi connectivity index (χ3v) is 3.40. The van der Waals surface area contributed by atoms with Crippen molar-refractivity contribution < 1.29 is 47.0 Å². The molecule has 0 saturated carbocycles. The van der Waals surface area contributed by atoms with E-state index in [1.807, 2.05) is 6.29 Å². The van der Waals surface area contributed by atoms with Crippen LogP contribution in [-0.2, 0) is 53.4 Å². The van der Waals surface area contributed by atoms with Crippen LogP contribution in [0.1, 0.15) is 33.4 Å². The van der Waals surface area contributed by atoms with Crippen LogP contribution in [0.3, 0.4) is 0 Å². The summed E-state index contributed by atoms with van der Waals surface area (Å²) >= 11 is 4.74. The van der Waals surface area contributed by atoms with Gasteiger partial charge in [-0.3, -0.25) is 6.29 Å². The summed E-state index contributed by atoms with van der Waals surface area (Å²) in [5.74, 6) is 0. The van der Waals surface area contributed by atoms with Gasteiger partial charge in [0.15, 0.2) is 0 Å². The van der Waals surface area contributed by atoms with Gasteiger partial charge in [-0.2, -0.15) is 0 Å². The molecule has 1 aromatic carbocycles. The summed E-state index contributed by atoms with van der Waals surface area (Å²) in [5, 5.41) is 0. The zero-order chi connectivity index (χ0) is 13.6. The van der Waals surface area contributed by atoms with Crippen molar-refractivity contribution in [2.75, 3.05) is 0 Å². The van der Waals surface area contributed by atoms with Crippen molar-refractivity contribution in [1.82, 2.24) is 0 Å². The number of carbonyl (C=O) groups excluding carboxylic acids is 1. The van der Waals surface area contributed by atoms with Crippen molar-refractivity contribution in [2.45, 2.75) is 41.0 Å². The molecule has 0 aliphatic rings. The second-order valence-corrected chi connectivity index (χ2v) is 15.8. The standard InChI is InChI=1S/C13H17O.2HI.V.Y/c1-8-9(2)11(4)13(6-7-14)12(5)10(8)3;;;;/h6H2,1-5H3;2*1H;;/q-1;;;+2;/p-2. The first kappa shape index (κ1) is 22.3. The van der Waals surface area contributed by atoms with Crippen molar-refractivity contribution in [2.24, 2.45) is 0 Å². The molecule has 0 aliphatic carbocycles. The quantitative estimate of drug-likeness (QED) is 0.367. The summed E-state index contributed by atoms with van der Waals surface area (Å²) in [5.41, 5.74) is 7.59. The summed E-state index contributed by atoms with van der Waals surface area (Å²) < 4.78 is 0. The van der Waals surface area contributed by atoms with E-state index >= 15 is 0 Å². The van der Waals surface area contributed by atoms with Crippen molar-refractivity contribution in [1.29, 1.82) is 0 Å². The van der Waals surface area contributed by atoms with Crippen molar-refractivity contribution in [3.05, 3.63) is 33.4 Å². The molecular formula is C13H17I2OVY-. The second-order valence-electron chi connectivity index (χ2n) is 3.99. The van der Waals surface area contributed by atoms with E-state index in [1.165, 1.54) is 27.8 Å². The Kier molecular flexibility index (Phi) is 14.5. The Bertz CT molecular complexity index is 379. The van der Waals surface area contributed by atoms with Crippen LogP contribution in [0.2, 0.25) is 0 Å². The first-order chi connectivity index (χ1) is 7.92. The van der Waals surface area contributed by atoms with Gasteiger partial charge < -0.3 is 4.79 Å². The monoisotopic (exact) mass is 583 g/mol. The Morgan fingerprint density at radius 2 is 1.17 bits per heavy atom. The molecule has 0 aromatic heterocycles. The van der Waals surface area contributed by atoms with Gasteiger partial charge in [-0.15, -0.1) is 6.42 Å². The average molecular weight is 583 g/mol. The van der Waals surface area contributed by atoms with Crippen LogP contribution in [0.15, 0.2) is 0 Å². The predicted octanol–water partition coefficient (Wildman–Crippen LogP) is 4.65. The van der Waals surface area contributed by atoms with Crippen LogP contribution >= 0.6 is 40.0 Å². The molecule has 5 heteroatoms. The van der Waals surface area contributed by atoms with E-state index < -0.39 is 0 Å². The molecule has 0 atom stereocenters. The number of hydrogen-bond donors (Lipinski definition) is 0. The predicted molar refractivity (Wildman–Crippen MR) is 87.6 cm³/mol. The first-order valence-corrected chi connectivity index (χ1v) is 14.3. The third kappa shape index (κ3) is 6.21. The topological polar surface area (TPSA) is 17.1 Å². The van der Waals surface area contributed by atoms with Gasteiger partial charge in [-0.05, 0) is 62.4 Å². The van der Waals surface area contributed by atoms with Crippen molar-refractivity contribution in [3.63, 3.8) is 0 Å². The molecule has 1 nitrogen and oxygen atoms in total. The minimum absolute atomic E-state index is 0. The molecule has 0 saturated heterocycles. The normalized spacial score (nSPS) is 8.83. The molecule has 1 rings (SSSR count). The zero-order valence-electron chi connectivity index (χ0n) is 11.4. The fourth-order valence-corrected chi connectivity index (χ4v) is 1.91. The van der Waals surface area contributed by atoms with Gasteiger partial charge in [0.2, 0.25) is 0 Å². The van der Waals surface area contributed by atoms with Crippen LogP contribution in [-0.4, -0.2) is 6.29 Å². The van der Waals surface area contributed by atoms with E-state index in [-0.39, 0.29) is 32.7 Å². The molecule has 1 aromatic rings. The number of benzene rings is 1. The molecular weight excluding hydrogens is 566 g/mol. The van der Waals surface area contributed by atoms with Crippen LogP contribution in [0.4, 0.5) is 0 Å². The molecule has 18 heavy (non-hydrogen) atoms. The number of hydrogen-bond acceptors (Lipinski definition) is 1. The van der Waals surface area contributed by atoms with Gasteiger partial charge in [-0.1, -0.05) is 5.56 Å². The van der Waals surface area contributed by atoms with E-state index in [0.717, 1.165) is 5.56 Å². The second kappa shape index (κ2) is 11.7. The SMILES string of the molecule is Cc1c(C)c(C)c(C[C-]=O)c(C)c1C.[I][V][I].[Y]. The first-order valence-electron chi connectivity index (χ1n) is 5.25. The maximum Gasteiger partial charge on any atom is 0 e. The average Bonchev–Trinajstić information content (AvgIpc) is 2.31. The Morgan fingerprint density at radius 1 is 0.889 bits per heavy atom. The Hall–Kier alpha value is 2.04. The van der Waals surface area contributed by atoms with E-state index in [9.17, 15) is 4.79 Å². The Labute approximate surface area is 165 Å². The van der Waals surface area contributed by atoms with Gasteiger partial charge in [0.25, 0.3) is 0 Å². The third-order valence-electron chi connectivity index (χ3n) is 3.40. The molecule has 0 heterocycles. The van der Waals surface area contributed by atoms with Gasteiger partial charge in [0.1, 0.15) is 0 Å². The van der Waals surface area contributed by atoms with Crippen molar-refractivity contribution >= 4 is 46.2 Å². The van der Waals surface area contributed by atoms with Crippen LogP contribution < -0.4 is 0 Å². The molecule has 0 N–H and O–H groups in total. The van der Waals surface area contributed by atoms with E-state index in [1.54, 1.807) is 0 Å². The van der Waals surface area contributed by atoms with Crippen LogP contribution in [0.25, 0.3) is 0 Å². The molecule has 0 fully saturated rings. The smallest absolute Gasteiger partial charge is 0 e. The maximum absolute atomic E-state index is 10.5. The van der Waals surface area contributed by atoms with Gasteiger partial charge in [0, 0.05) is 32.7 Å². The summed E-state index contributed by atoms with van der Waals surface area (Å²) in [7, 11) is 0.628.